The molecule has 3 nitrogen and oxygen atoms in total. The lowest BCUT2D eigenvalue weighted by Gasteiger charge is -2.10. The number of para-hydroxylation sites is 1. The molecule has 152 valence electrons. The molecule has 1 amide bonds. The molecule has 0 aliphatic carbocycles. The van der Waals surface area contributed by atoms with Gasteiger partial charge in [-0.2, -0.15) is 13.2 Å². The molecule has 3 rings (SSSR count). The molecular weight excluding hydrogens is 415 g/mol. The Morgan fingerprint density at radius 1 is 0.900 bits per heavy atom. The van der Waals surface area contributed by atoms with Crippen LogP contribution in [-0.4, -0.2) is 11.7 Å². The van der Waals surface area contributed by atoms with E-state index in [1.807, 2.05) is 0 Å². The van der Waals surface area contributed by atoms with Gasteiger partial charge < -0.3 is 5.32 Å². The zero-order chi connectivity index (χ0) is 21.7. The summed E-state index contributed by atoms with van der Waals surface area (Å²) in [5.74, 6) is -0.881. The minimum Gasteiger partial charge on any atom is -0.322 e. The average Bonchev–Trinajstić information content (AvgIpc) is 2.73. The van der Waals surface area contributed by atoms with Crippen molar-refractivity contribution in [1.29, 1.82) is 0 Å². The highest BCUT2D eigenvalue weighted by molar-refractivity contribution is 6.32. The number of anilines is 1. The average molecular weight is 430 g/mol. The highest BCUT2D eigenvalue weighted by Crippen LogP contribution is 2.32. The van der Waals surface area contributed by atoms with Gasteiger partial charge >= 0.3 is 6.18 Å². The lowest BCUT2D eigenvalue weighted by atomic mass is 10.0. The molecule has 30 heavy (non-hydrogen) atoms. The molecule has 0 saturated carbocycles. The van der Waals surface area contributed by atoms with Gasteiger partial charge in [-0.15, -0.1) is 0 Å². The van der Waals surface area contributed by atoms with E-state index < -0.39 is 17.6 Å². The van der Waals surface area contributed by atoms with Crippen molar-refractivity contribution in [3.8, 4) is 0 Å². The summed E-state index contributed by atoms with van der Waals surface area (Å²) in [6, 6.07) is 17.9. The molecule has 0 unspecified atom stereocenters. The number of hydrogen-bond acceptors (Lipinski definition) is 2. The molecule has 0 heterocycles. The summed E-state index contributed by atoms with van der Waals surface area (Å²) in [5, 5.41) is 2.66. The minimum atomic E-state index is -4.52. The molecule has 0 bridgehead atoms. The molecule has 0 aromatic heterocycles. The predicted octanol–water partition coefficient (Wildman–Crippen LogP) is 6.24. The van der Waals surface area contributed by atoms with Gasteiger partial charge in [0.25, 0.3) is 0 Å². The number of hydrogen-bond donors (Lipinski definition) is 1. The number of carbonyl (C=O) groups is 2. The Kier molecular flexibility index (Phi) is 6.37. The number of rotatable bonds is 5. The third-order valence-electron chi connectivity index (χ3n) is 4.20. The molecule has 0 radical (unpaired) electrons. The van der Waals surface area contributed by atoms with E-state index in [1.165, 1.54) is 6.08 Å². The molecule has 0 atom stereocenters. The van der Waals surface area contributed by atoms with Gasteiger partial charge in [0, 0.05) is 22.2 Å². The second-order valence-corrected chi connectivity index (χ2v) is 6.70. The fraction of sp³-hybridized carbons (Fsp3) is 0.0435. The number of carbonyl (C=O) groups excluding carboxylic acids is 2. The molecule has 0 spiro atoms. The maximum atomic E-state index is 12.9. The summed E-state index contributed by atoms with van der Waals surface area (Å²) in [5.41, 5.74) is 0.227. The number of amides is 1. The molecule has 0 fully saturated rings. The summed E-state index contributed by atoms with van der Waals surface area (Å²) >= 11 is 5.93. The fourth-order valence-electron chi connectivity index (χ4n) is 2.72. The van der Waals surface area contributed by atoms with E-state index in [0.29, 0.717) is 11.1 Å². The molecular formula is C23H15ClF3NO2. The maximum Gasteiger partial charge on any atom is 0.416 e. The van der Waals surface area contributed by atoms with E-state index in [2.05, 4.69) is 5.32 Å². The number of benzene rings is 3. The summed E-state index contributed by atoms with van der Waals surface area (Å²) in [7, 11) is 0. The molecule has 3 aromatic rings. The summed E-state index contributed by atoms with van der Waals surface area (Å²) < 4.78 is 38.6. The van der Waals surface area contributed by atoms with E-state index in [4.69, 9.17) is 11.6 Å². The zero-order valence-electron chi connectivity index (χ0n) is 15.4. The van der Waals surface area contributed by atoms with Crippen molar-refractivity contribution >= 4 is 35.1 Å². The van der Waals surface area contributed by atoms with Crippen LogP contribution >= 0.6 is 11.6 Å². The van der Waals surface area contributed by atoms with Crippen LogP contribution in [0, 0.1) is 0 Å². The van der Waals surface area contributed by atoms with Crippen molar-refractivity contribution in [1.82, 2.24) is 0 Å². The first-order chi connectivity index (χ1) is 14.3. The lowest BCUT2D eigenvalue weighted by molar-refractivity contribution is -0.137. The van der Waals surface area contributed by atoms with Crippen molar-refractivity contribution in [2.24, 2.45) is 0 Å². The normalized spacial score (nSPS) is 11.5. The van der Waals surface area contributed by atoms with Crippen molar-refractivity contribution in [3.05, 3.63) is 106 Å². The van der Waals surface area contributed by atoms with Crippen LogP contribution < -0.4 is 5.32 Å². The standard InChI is InChI=1S/C23H15ClF3NO2/c24-19-12-11-17(23(25,26)27)14-16(19)10-13-21(29)28-20-9-5-4-8-18(20)22(30)15-6-2-1-3-7-15/h1-14H,(H,28,29)/b13-10+. The van der Waals surface area contributed by atoms with Crippen molar-refractivity contribution in [3.63, 3.8) is 0 Å². The van der Waals surface area contributed by atoms with E-state index >= 15 is 0 Å². The first-order valence-electron chi connectivity index (χ1n) is 8.80. The van der Waals surface area contributed by atoms with Gasteiger partial charge in [-0.25, -0.2) is 0 Å². The molecule has 0 aliphatic heterocycles. The number of nitrogens with one attached hydrogen (secondary N) is 1. The largest absolute Gasteiger partial charge is 0.416 e. The quantitative estimate of drug-likeness (QED) is 0.385. The van der Waals surface area contributed by atoms with E-state index in [-0.39, 0.29) is 22.1 Å². The van der Waals surface area contributed by atoms with Gasteiger partial charge in [-0.1, -0.05) is 54.1 Å². The monoisotopic (exact) mass is 429 g/mol. The Bertz CT molecular complexity index is 1110. The summed E-state index contributed by atoms with van der Waals surface area (Å²) in [6.07, 6.45) is -2.27. The van der Waals surface area contributed by atoms with Gasteiger partial charge in [-0.05, 0) is 42.0 Å². The molecule has 1 N–H and O–H groups in total. The first kappa shape index (κ1) is 21.3. The van der Waals surface area contributed by atoms with Crippen LogP contribution in [0.1, 0.15) is 27.0 Å². The van der Waals surface area contributed by atoms with E-state index in [1.54, 1.807) is 54.6 Å². The second kappa shape index (κ2) is 8.97. The van der Waals surface area contributed by atoms with Crippen molar-refractivity contribution < 1.29 is 22.8 Å². The van der Waals surface area contributed by atoms with Gasteiger partial charge in [0.1, 0.15) is 0 Å². The Morgan fingerprint density at radius 3 is 2.27 bits per heavy atom. The molecule has 7 heteroatoms. The summed E-state index contributed by atoms with van der Waals surface area (Å²) in [6.45, 7) is 0. The van der Waals surface area contributed by atoms with Crippen LogP contribution in [0.2, 0.25) is 5.02 Å². The highest BCUT2D eigenvalue weighted by Gasteiger charge is 2.30. The van der Waals surface area contributed by atoms with Crippen molar-refractivity contribution in [2.75, 3.05) is 5.32 Å². The van der Waals surface area contributed by atoms with Crippen LogP contribution in [0.15, 0.2) is 78.9 Å². The smallest absolute Gasteiger partial charge is 0.322 e. The SMILES string of the molecule is O=C(/C=C/c1cc(C(F)(F)F)ccc1Cl)Nc1ccccc1C(=O)c1ccccc1. The van der Waals surface area contributed by atoms with Crippen molar-refractivity contribution in [2.45, 2.75) is 6.18 Å². The van der Waals surface area contributed by atoms with Gasteiger partial charge in [0.05, 0.1) is 11.3 Å². The van der Waals surface area contributed by atoms with Gasteiger partial charge in [0.15, 0.2) is 5.78 Å². The van der Waals surface area contributed by atoms with Crippen LogP contribution in [0.3, 0.4) is 0 Å². The van der Waals surface area contributed by atoms with Gasteiger partial charge in [-0.3, -0.25) is 9.59 Å². The van der Waals surface area contributed by atoms with E-state index in [9.17, 15) is 22.8 Å². The zero-order valence-corrected chi connectivity index (χ0v) is 16.2. The Hall–Kier alpha value is -3.38. The second-order valence-electron chi connectivity index (χ2n) is 6.30. The number of alkyl halides is 3. The van der Waals surface area contributed by atoms with Gasteiger partial charge in [0.2, 0.25) is 5.91 Å². The Morgan fingerprint density at radius 2 is 1.57 bits per heavy atom. The van der Waals surface area contributed by atoms with Crippen LogP contribution in [0.5, 0.6) is 0 Å². The predicted molar refractivity (Wildman–Crippen MR) is 110 cm³/mol. The minimum absolute atomic E-state index is 0.0512. The fourth-order valence-corrected chi connectivity index (χ4v) is 2.90. The van der Waals surface area contributed by atoms with Crippen LogP contribution in [0.4, 0.5) is 18.9 Å². The topological polar surface area (TPSA) is 46.2 Å². The van der Waals surface area contributed by atoms with Crippen LogP contribution in [-0.2, 0) is 11.0 Å². The molecule has 0 aliphatic rings. The lowest BCUT2D eigenvalue weighted by Crippen LogP contribution is -2.12. The Balaban J connectivity index is 1.80. The molecule has 3 aromatic carbocycles. The third kappa shape index (κ3) is 5.15. The number of ketones is 1. The van der Waals surface area contributed by atoms with E-state index in [0.717, 1.165) is 24.3 Å². The number of halogens is 4. The molecule has 0 saturated heterocycles. The Labute approximate surface area is 175 Å². The third-order valence-corrected chi connectivity index (χ3v) is 4.55. The maximum absolute atomic E-state index is 12.9. The summed E-state index contributed by atoms with van der Waals surface area (Å²) in [4.78, 5) is 25.0. The highest BCUT2D eigenvalue weighted by atomic mass is 35.5. The first-order valence-corrected chi connectivity index (χ1v) is 9.18. The van der Waals surface area contributed by atoms with Crippen LogP contribution in [0.25, 0.3) is 6.08 Å².